The summed E-state index contributed by atoms with van der Waals surface area (Å²) >= 11 is 2.31. The molecule has 1 aliphatic heterocycles. The van der Waals surface area contributed by atoms with Gasteiger partial charge >= 0.3 is 5.97 Å². The maximum absolute atomic E-state index is 13.1. The average molecular weight is 550 g/mol. The van der Waals surface area contributed by atoms with Crippen LogP contribution in [0.4, 0.5) is 10.5 Å². The molecule has 8 nitrogen and oxygen atoms in total. The summed E-state index contributed by atoms with van der Waals surface area (Å²) in [4.78, 5) is 52.7. The van der Waals surface area contributed by atoms with Crippen LogP contribution in [-0.4, -0.2) is 44.1 Å². The Balaban J connectivity index is 1.40. The molecule has 0 unspecified atom stereocenters. The maximum atomic E-state index is 13.1. The average Bonchev–Trinajstić information content (AvgIpc) is 3.46. The minimum Gasteiger partial charge on any atom is -0.478 e. The van der Waals surface area contributed by atoms with Gasteiger partial charge in [0, 0.05) is 22.0 Å². The predicted molar refractivity (Wildman–Crippen MR) is 149 cm³/mol. The molecule has 0 spiro atoms. The number of aryl methyl sites for hydroxylation is 3. The number of fused-ring (bicyclic) bond motifs is 1. The number of benzene rings is 1. The Hall–Kier alpha value is -3.63. The minimum absolute atomic E-state index is 0.225. The second kappa shape index (κ2) is 10.3. The summed E-state index contributed by atoms with van der Waals surface area (Å²) in [7, 11) is 0. The standard InChI is InChI=1S/C28H27N3O5S2/c1-15-7-6-8-19(11-15)29-23(32)14-30-25(33)22(38-28(30)36)13-18-12-16(2)31(17(18)3)26-24(27(34)35)20-9-4-5-10-21(20)37-26/h6-8,11-13H,4-5,9-10,14H2,1-3H3,(H,29,32)(H,34,35)/b22-13-. The lowest BCUT2D eigenvalue weighted by atomic mass is 9.95. The number of nitrogens with zero attached hydrogens (tertiary/aromatic N) is 2. The zero-order valence-electron chi connectivity index (χ0n) is 21.3. The number of hydrogen-bond donors (Lipinski definition) is 2. The molecule has 196 valence electrons. The number of carbonyl (C=O) groups is 4. The van der Waals surface area contributed by atoms with Crippen molar-refractivity contribution in [2.45, 2.75) is 46.5 Å². The SMILES string of the molecule is Cc1cccc(NC(=O)CN2C(=O)S/C(=C\c3cc(C)n(-c4sc5c(c4C(=O)O)CCCC5)c3C)C2=O)c1. The molecule has 3 aromatic rings. The molecule has 0 atom stereocenters. The highest BCUT2D eigenvalue weighted by atomic mass is 32.2. The molecule has 1 fully saturated rings. The summed E-state index contributed by atoms with van der Waals surface area (Å²) in [6, 6.07) is 9.16. The zero-order chi connectivity index (χ0) is 27.1. The number of thioether (sulfide) groups is 1. The number of amides is 3. The lowest BCUT2D eigenvalue weighted by Gasteiger charge is -2.12. The Morgan fingerprint density at radius 2 is 1.87 bits per heavy atom. The Labute approximate surface area is 228 Å². The van der Waals surface area contributed by atoms with Gasteiger partial charge < -0.3 is 15.0 Å². The van der Waals surface area contributed by atoms with Gasteiger partial charge in [-0.1, -0.05) is 12.1 Å². The van der Waals surface area contributed by atoms with Gasteiger partial charge in [-0.2, -0.15) is 0 Å². The van der Waals surface area contributed by atoms with Gasteiger partial charge in [-0.3, -0.25) is 19.3 Å². The number of anilines is 1. The van der Waals surface area contributed by atoms with E-state index in [-0.39, 0.29) is 11.4 Å². The van der Waals surface area contributed by atoms with E-state index in [0.29, 0.717) is 16.3 Å². The molecule has 1 saturated heterocycles. The topological polar surface area (TPSA) is 109 Å². The van der Waals surface area contributed by atoms with E-state index < -0.39 is 23.0 Å². The van der Waals surface area contributed by atoms with E-state index in [4.69, 9.17) is 0 Å². The second-order valence-electron chi connectivity index (χ2n) is 9.54. The lowest BCUT2D eigenvalue weighted by molar-refractivity contribution is -0.127. The third-order valence-corrected chi connectivity index (χ3v) is 8.99. The smallest absolute Gasteiger partial charge is 0.339 e. The van der Waals surface area contributed by atoms with Crippen molar-refractivity contribution in [3.63, 3.8) is 0 Å². The van der Waals surface area contributed by atoms with E-state index in [1.54, 1.807) is 18.2 Å². The van der Waals surface area contributed by atoms with Crippen molar-refractivity contribution in [1.29, 1.82) is 0 Å². The van der Waals surface area contributed by atoms with Gasteiger partial charge in [0.05, 0.1) is 10.5 Å². The molecule has 2 aliphatic rings. The van der Waals surface area contributed by atoms with Gasteiger partial charge in [-0.05, 0) is 99.2 Å². The number of nitrogens with one attached hydrogen (secondary N) is 1. The number of aromatic carboxylic acids is 1. The number of rotatable bonds is 6. The van der Waals surface area contributed by atoms with Crippen molar-refractivity contribution in [2.75, 3.05) is 11.9 Å². The first kappa shape index (κ1) is 26.0. The molecular formula is C28H27N3O5S2. The summed E-state index contributed by atoms with van der Waals surface area (Å²) in [5.74, 6) is -1.92. The summed E-state index contributed by atoms with van der Waals surface area (Å²) < 4.78 is 1.93. The first-order valence-corrected chi connectivity index (χ1v) is 14.0. The second-order valence-corrected chi connectivity index (χ2v) is 11.6. The normalized spacial score (nSPS) is 16.3. The molecule has 10 heteroatoms. The van der Waals surface area contributed by atoms with Crippen molar-refractivity contribution in [3.05, 3.63) is 73.8 Å². The number of carboxylic acid groups (broad SMARTS) is 1. The highest BCUT2D eigenvalue weighted by Gasteiger charge is 2.37. The minimum atomic E-state index is -0.932. The van der Waals surface area contributed by atoms with Crippen LogP contribution in [0.3, 0.4) is 0 Å². The Bertz CT molecular complexity index is 1530. The number of carboxylic acids is 1. The summed E-state index contributed by atoms with van der Waals surface area (Å²) in [5.41, 5.74) is 5.22. The van der Waals surface area contributed by atoms with E-state index in [0.717, 1.165) is 75.3 Å². The maximum Gasteiger partial charge on any atom is 0.339 e. The molecule has 2 N–H and O–H groups in total. The predicted octanol–water partition coefficient (Wildman–Crippen LogP) is 5.72. The molecule has 3 heterocycles. The van der Waals surface area contributed by atoms with Crippen LogP contribution in [0.2, 0.25) is 0 Å². The van der Waals surface area contributed by atoms with Crippen molar-refractivity contribution in [3.8, 4) is 5.00 Å². The van der Waals surface area contributed by atoms with Crippen LogP contribution in [0.25, 0.3) is 11.1 Å². The van der Waals surface area contributed by atoms with Crippen molar-refractivity contribution in [2.24, 2.45) is 0 Å². The van der Waals surface area contributed by atoms with Gasteiger partial charge in [0.1, 0.15) is 11.5 Å². The van der Waals surface area contributed by atoms with Gasteiger partial charge in [0.2, 0.25) is 5.91 Å². The number of carbonyl (C=O) groups excluding carboxylic acids is 3. The van der Waals surface area contributed by atoms with Crippen LogP contribution >= 0.6 is 23.1 Å². The third kappa shape index (κ3) is 4.81. The zero-order valence-corrected chi connectivity index (χ0v) is 22.9. The fraction of sp³-hybridized carbons (Fsp3) is 0.286. The van der Waals surface area contributed by atoms with Crippen LogP contribution in [-0.2, 0) is 22.4 Å². The Morgan fingerprint density at radius 3 is 2.61 bits per heavy atom. The van der Waals surface area contributed by atoms with Gasteiger partial charge in [0.25, 0.3) is 11.1 Å². The van der Waals surface area contributed by atoms with Crippen LogP contribution in [0.5, 0.6) is 0 Å². The van der Waals surface area contributed by atoms with Gasteiger partial charge in [0.15, 0.2) is 0 Å². The largest absolute Gasteiger partial charge is 0.478 e. The monoisotopic (exact) mass is 549 g/mol. The third-order valence-electron chi connectivity index (χ3n) is 6.80. The molecule has 1 aliphatic carbocycles. The molecular weight excluding hydrogens is 522 g/mol. The summed E-state index contributed by atoms with van der Waals surface area (Å²) in [6.45, 7) is 5.31. The quantitative estimate of drug-likeness (QED) is 0.381. The fourth-order valence-electron chi connectivity index (χ4n) is 5.02. The van der Waals surface area contributed by atoms with E-state index in [2.05, 4.69) is 5.32 Å². The van der Waals surface area contributed by atoms with Crippen LogP contribution < -0.4 is 5.32 Å². The van der Waals surface area contributed by atoms with E-state index >= 15 is 0 Å². The highest BCUT2D eigenvalue weighted by Crippen LogP contribution is 2.40. The van der Waals surface area contributed by atoms with Crippen LogP contribution in [0, 0.1) is 20.8 Å². The van der Waals surface area contributed by atoms with Crippen LogP contribution in [0.15, 0.2) is 35.2 Å². The molecule has 0 saturated carbocycles. The highest BCUT2D eigenvalue weighted by molar-refractivity contribution is 8.18. The molecule has 0 bridgehead atoms. The number of thiophene rings is 1. The number of imide groups is 1. The molecule has 3 amide bonds. The lowest BCUT2D eigenvalue weighted by Crippen LogP contribution is -2.36. The van der Waals surface area contributed by atoms with E-state index in [1.807, 2.05) is 43.5 Å². The Kier molecular flexibility index (Phi) is 7.02. The first-order valence-electron chi connectivity index (χ1n) is 12.3. The molecule has 5 rings (SSSR count). The summed E-state index contributed by atoms with van der Waals surface area (Å²) in [5, 5.41) is 12.9. The van der Waals surface area contributed by atoms with Crippen molar-refractivity contribution < 1.29 is 24.3 Å². The van der Waals surface area contributed by atoms with E-state index in [9.17, 15) is 24.3 Å². The fourth-order valence-corrected chi connectivity index (χ4v) is 7.34. The molecule has 0 radical (unpaired) electrons. The van der Waals surface area contributed by atoms with Crippen LogP contribution in [0.1, 0.15) is 56.2 Å². The van der Waals surface area contributed by atoms with Crippen molar-refractivity contribution in [1.82, 2.24) is 9.47 Å². The molecule has 1 aromatic carbocycles. The molecule has 2 aromatic heterocycles. The first-order chi connectivity index (χ1) is 18.1. The number of aromatic nitrogens is 1. The van der Waals surface area contributed by atoms with E-state index in [1.165, 1.54) is 11.3 Å². The Morgan fingerprint density at radius 1 is 1.11 bits per heavy atom. The molecule has 38 heavy (non-hydrogen) atoms. The van der Waals surface area contributed by atoms with Gasteiger partial charge in [-0.25, -0.2) is 4.79 Å². The number of hydrogen-bond acceptors (Lipinski definition) is 6. The van der Waals surface area contributed by atoms with Gasteiger partial charge in [-0.15, -0.1) is 11.3 Å². The summed E-state index contributed by atoms with van der Waals surface area (Å²) in [6.07, 6.45) is 5.34. The van der Waals surface area contributed by atoms with Crippen molar-refractivity contribution >= 4 is 57.9 Å².